The molecule has 1 unspecified atom stereocenters. The van der Waals surface area contributed by atoms with Crippen LogP contribution in [0.3, 0.4) is 0 Å². The molecule has 22 heavy (non-hydrogen) atoms. The number of hydrogen-bond donors (Lipinski definition) is 2. The lowest BCUT2D eigenvalue weighted by atomic mass is 9.92. The Labute approximate surface area is 132 Å². The Morgan fingerprint density at radius 1 is 0.955 bits per heavy atom. The summed E-state index contributed by atoms with van der Waals surface area (Å²) in [5.74, 6) is 0. The summed E-state index contributed by atoms with van der Waals surface area (Å²) >= 11 is 0. The highest BCUT2D eigenvalue weighted by atomic mass is 16.3. The maximum atomic E-state index is 10.7. The van der Waals surface area contributed by atoms with Gasteiger partial charge in [-0.25, -0.2) is 0 Å². The Bertz CT molecular complexity index is 623. The molecule has 4 rings (SSSR count). The van der Waals surface area contributed by atoms with Gasteiger partial charge in [0.05, 0.1) is 6.10 Å². The molecule has 0 spiro atoms. The first kappa shape index (κ1) is 14.0. The van der Waals surface area contributed by atoms with Crippen molar-refractivity contribution in [2.75, 3.05) is 6.54 Å². The summed E-state index contributed by atoms with van der Waals surface area (Å²) < 4.78 is 0. The second kappa shape index (κ2) is 5.53. The zero-order chi connectivity index (χ0) is 15.0. The zero-order valence-electron chi connectivity index (χ0n) is 12.8. The van der Waals surface area contributed by atoms with Gasteiger partial charge >= 0.3 is 0 Å². The van der Waals surface area contributed by atoms with Crippen molar-refractivity contribution in [2.45, 2.75) is 37.8 Å². The van der Waals surface area contributed by atoms with Crippen LogP contribution in [0.2, 0.25) is 0 Å². The summed E-state index contributed by atoms with van der Waals surface area (Å²) in [5, 5.41) is 14.4. The van der Waals surface area contributed by atoms with E-state index in [1.807, 2.05) is 30.3 Å². The van der Waals surface area contributed by atoms with Crippen molar-refractivity contribution in [1.82, 2.24) is 5.32 Å². The molecule has 1 fully saturated rings. The Hall–Kier alpha value is -1.64. The first-order chi connectivity index (χ1) is 10.8. The molecule has 0 heterocycles. The van der Waals surface area contributed by atoms with Crippen LogP contribution in [-0.4, -0.2) is 17.7 Å². The Morgan fingerprint density at radius 2 is 1.55 bits per heavy atom. The maximum absolute atomic E-state index is 10.7. The fourth-order valence-electron chi connectivity index (χ4n) is 3.75. The number of hydrogen-bond acceptors (Lipinski definition) is 2. The number of nitrogens with one attached hydrogen (secondary N) is 1. The number of aliphatic hydroxyl groups is 1. The molecule has 0 aromatic heterocycles. The standard InChI is InChI=1S/C20H23NO/c22-19(15-6-2-1-3-7-15)20(10-11-20)14-21-18-12-16-8-4-5-9-17(16)13-18/h1-9,18-19,21-22H,10-14H2. The summed E-state index contributed by atoms with van der Waals surface area (Å²) in [7, 11) is 0. The predicted molar refractivity (Wildman–Crippen MR) is 88.7 cm³/mol. The SMILES string of the molecule is OC(c1ccccc1)C1(CNC2Cc3ccccc3C2)CC1. The molecule has 2 aliphatic carbocycles. The van der Waals surface area contributed by atoms with Crippen LogP contribution < -0.4 is 5.32 Å². The fourth-order valence-corrected chi connectivity index (χ4v) is 3.75. The summed E-state index contributed by atoms with van der Waals surface area (Å²) in [5.41, 5.74) is 4.06. The van der Waals surface area contributed by atoms with Gasteiger partial charge in [0, 0.05) is 18.0 Å². The molecule has 2 heteroatoms. The van der Waals surface area contributed by atoms with Crippen molar-refractivity contribution in [3.8, 4) is 0 Å². The lowest BCUT2D eigenvalue weighted by molar-refractivity contribution is 0.0901. The van der Waals surface area contributed by atoms with Crippen molar-refractivity contribution in [3.05, 3.63) is 71.3 Å². The Morgan fingerprint density at radius 3 is 2.14 bits per heavy atom. The largest absolute Gasteiger partial charge is 0.388 e. The Balaban J connectivity index is 1.38. The molecule has 114 valence electrons. The van der Waals surface area contributed by atoms with Gasteiger partial charge in [-0.3, -0.25) is 0 Å². The summed E-state index contributed by atoms with van der Waals surface area (Å²) in [6.07, 6.45) is 4.14. The second-order valence-electron chi connectivity index (χ2n) is 6.93. The van der Waals surface area contributed by atoms with E-state index in [0.29, 0.717) is 6.04 Å². The minimum atomic E-state index is -0.343. The third-order valence-corrected chi connectivity index (χ3v) is 5.38. The number of fused-ring (bicyclic) bond motifs is 1. The predicted octanol–water partition coefficient (Wildman–Crippen LogP) is 3.26. The number of aliphatic hydroxyl groups excluding tert-OH is 1. The van der Waals surface area contributed by atoms with Crippen LogP contribution in [0.15, 0.2) is 54.6 Å². The molecule has 0 bridgehead atoms. The molecule has 2 aliphatic rings. The van der Waals surface area contributed by atoms with E-state index in [9.17, 15) is 5.11 Å². The van der Waals surface area contributed by atoms with E-state index in [1.54, 1.807) is 0 Å². The molecular formula is C20H23NO. The highest BCUT2D eigenvalue weighted by Crippen LogP contribution is 2.54. The smallest absolute Gasteiger partial charge is 0.0858 e. The van der Waals surface area contributed by atoms with Crippen LogP contribution in [0.4, 0.5) is 0 Å². The van der Waals surface area contributed by atoms with E-state index < -0.39 is 0 Å². The number of rotatable bonds is 5. The molecule has 1 saturated carbocycles. The van der Waals surface area contributed by atoms with Crippen LogP contribution in [0, 0.1) is 5.41 Å². The fraction of sp³-hybridized carbons (Fsp3) is 0.400. The maximum Gasteiger partial charge on any atom is 0.0858 e. The first-order valence-electron chi connectivity index (χ1n) is 8.30. The van der Waals surface area contributed by atoms with Gasteiger partial charge in [0.15, 0.2) is 0 Å². The lowest BCUT2D eigenvalue weighted by Gasteiger charge is -2.25. The van der Waals surface area contributed by atoms with Gasteiger partial charge in [0.1, 0.15) is 0 Å². The lowest BCUT2D eigenvalue weighted by Crippen LogP contribution is -2.36. The molecule has 1 atom stereocenters. The Kier molecular flexibility index (Phi) is 3.51. The molecule has 0 saturated heterocycles. The highest BCUT2D eigenvalue weighted by Gasteiger charge is 2.49. The first-order valence-corrected chi connectivity index (χ1v) is 8.30. The van der Waals surface area contributed by atoms with Gasteiger partial charge in [-0.1, -0.05) is 54.6 Å². The molecule has 2 aromatic rings. The minimum absolute atomic E-state index is 0.0517. The van der Waals surface area contributed by atoms with E-state index in [0.717, 1.165) is 37.8 Å². The normalized spacial score (nSPS) is 20.6. The topological polar surface area (TPSA) is 32.3 Å². The van der Waals surface area contributed by atoms with Gasteiger partial charge in [0.2, 0.25) is 0 Å². The molecule has 2 nitrogen and oxygen atoms in total. The quantitative estimate of drug-likeness (QED) is 0.887. The van der Waals surface area contributed by atoms with Crippen LogP contribution in [0.25, 0.3) is 0 Å². The highest BCUT2D eigenvalue weighted by molar-refractivity contribution is 5.33. The average molecular weight is 293 g/mol. The summed E-state index contributed by atoms with van der Waals surface area (Å²) in [6, 6.07) is 19.4. The van der Waals surface area contributed by atoms with E-state index in [2.05, 4.69) is 29.6 Å². The number of benzene rings is 2. The van der Waals surface area contributed by atoms with Gasteiger partial charge in [-0.05, 0) is 42.4 Å². The second-order valence-corrected chi connectivity index (χ2v) is 6.93. The average Bonchev–Trinajstić information content (AvgIpc) is 3.25. The molecule has 2 aromatic carbocycles. The summed E-state index contributed by atoms with van der Waals surface area (Å²) in [4.78, 5) is 0. The van der Waals surface area contributed by atoms with Gasteiger partial charge < -0.3 is 10.4 Å². The van der Waals surface area contributed by atoms with Crippen LogP contribution >= 0.6 is 0 Å². The van der Waals surface area contributed by atoms with Gasteiger partial charge in [-0.15, -0.1) is 0 Å². The van der Waals surface area contributed by atoms with Crippen molar-refractivity contribution in [2.24, 2.45) is 5.41 Å². The van der Waals surface area contributed by atoms with Crippen molar-refractivity contribution >= 4 is 0 Å². The molecular weight excluding hydrogens is 270 g/mol. The van der Waals surface area contributed by atoms with E-state index in [4.69, 9.17) is 0 Å². The minimum Gasteiger partial charge on any atom is -0.388 e. The molecule has 0 radical (unpaired) electrons. The van der Waals surface area contributed by atoms with Gasteiger partial charge in [-0.2, -0.15) is 0 Å². The molecule has 2 N–H and O–H groups in total. The monoisotopic (exact) mass is 293 g/mol. The van der Waals surface area contributed by atoms with Gasteiger partial charge in [0.25, 0.3) is 0 Å². The molecule has 0 aliphatic heterocycles. The van der Waals surface area contributed by atoms with E-state index in [1.165, 1.54) is 11.1 Å². The zero-order valence-corrected chi connectivity index (χ0v) is 12.8. The van der Waals surface area contributed by atoms with Crippen LogP contribution in [0.5, 0.6) is 0 Å². The third kappa shape index (κ3) is 2.57. The third-order valence-electron chi connectivity index (χ3n) is 5.38. The van der Waals surface area contributed by atoms with E-state index >= 15 is 0 Å². The van der Waals surface area contributed by atoms with Crippen molar-refractivity contribution in [1.29, 1.82) is 0 Å². The van der Waals surface area contributed by atoms with Crippen molar-refractivity contribution in [3.63, 3.8) is 0 Å². The van der Waals surface area contributed by atoms with Crippen LogP contribution in [-0.2, 0) is 12.8 Å². The van der Waals surface area contributed by atoms with Crippen molar-refractivity contribution < 1.29 is 5.11 Å². The van der Waals surface area contributed by atoms with Crippen LogP contribution in [0.1, 0.15) is 35.6 Å². The van der Waals surface area contributed by atoms with E-state index in [-0.39, 0.29) is 11.5 Å². The summed E-state index contributed by atoms with van der Waals surface area (Å²) in [6.45, 7) is 0.918. The molecule has 0 amide bonds.